The normalized spacial score (nSPS) is 21.4. The SMILES string of the molecule is CC1(C)CC(=O)C2=C(C1)Nc1ccccc1N(CC(=O)NC1CCCCC1)C2c1cccc([N+](=O)[O-])c1. The first kappa shape index (κ1) is 25.0. The Kier molecular flexibility index (Phi) is 6.75. The van der Waals surface area contributed by atoms with Crippen LogP contribution in [-0.2, 0) is 9.59 Å². The lowest BCUT2D eigenvalue weighted by atomic mass is 9.73. The Balaban J connectivity index is 1.63. The van der Waals surface area contributed by atoms with Gasteiger partial charge in [-0.1, -0.05) is 57.4 Å². The van der Waals surface area contributed by atoms with E-state index in [-0.39, 0.29) is 35.4 Å². The van der Waals surface area contributed by atoms with Gasteiger partial charge in [0.1, 0.15) is 0 Å². The van der Waals surface area contributed by atoms with E-state index in [1.807, 2.05) is 35.2 Å². The van der Waals surface area contributed by atoms with Crippen molar-refractivity contribution in [3.63, 3.8) is 0 Å². The minimum Gasteiger partial charge on any atom is -0.357 e. The molecule has 1 fully saturated rings. The lowest BCUT2D eigenvalue weighted by Gasteiger charge is -2.38. The molecule has 0 bridgehead atoms. The summed E-state index contributed by atoms with van der Waals surface area (Å²) in [7, 11) is 0. The molecule has 194 valence electrons. The fraction of sp³-hybridized carbons (Fsp3) is 0.448. The van der Waals surface area contributed by atoms with Crippen molar-refractivity contribution in [1.29, 1.82) is 0 Å². The first-order chi connectivity index (χ1) is 17.7. The maximum atomic E-state index is 13.7. The first-order valence-electron chi connectivity index (χ1n) is 13.1. The van der Waals surface area contributed by atoms with Crippen molar-refractivity contribution in [2.45, 2.75) is 70.9 Å². The Labute approximate surface area is 217 Å². The highest BCUT2D eigenvalue weighted by Gasteiger charge is 2.42. The number of amides is 1. The van der Waals surface area contributed by atoms with E-state index in [1.54, 1.807) is 6.07 Å². The number of para-hydroxylation sites is 2. The van der Waals surface area contributed by atoms with Gasteiger partial charge in [-0.3, -0.25) is 19.7 Å². The van der Waals surface area contributed by atoms with Crippen LogP contribution in [0.25, 0.3) is 0 Å². The second kappa shape index (κ2) is 10.00. The summed E-state index contributed by atoms with van der Waals surface area (Å²) in [4.78, 5) is 40.3. The number of rotatable bonds is 5. The number of hydrogen-bond acceptors (Lipinski definition) is 6. The molecule has 1 atom stereocenters. The third-order valence-corrected chi connectivity index (χ3v) is 7.69. The number of nitrogens with one attached hydrogen (secondary N) is 2. The monoisotopic (exact) mass is 502 g/mol. The van der Waals surface area contributed by atoms with E-state index in [9.17, 15) is 19.7 Å². The molecule has 1 saturated carbocycles. The zero-order valence-corrected chi connectivity index (χ0v) is 21.5. The predicted octanol–water partition coefficient (Wildman–Crippen LogP) is 5.66. The molecule has 1 aliphatic heterocycles. The molecule has 1 heterocycles. The van der Waals surface area contributed by atoms with Crippen molar-refractivity contribution in [3.05, 3.63) is 75.5 Å². The fourth-order valence-electron chi connectivity index (χ4n) is 6.06. The van der Waals surface area contributed by atoms with Crippen molar-refractivity contribution >= 4 is 28.8 Å². The molecule has 1 amide bonds. The number of nitro groups is 1. The quantitative estimate of drug-likeness (QED) is 0.404. The number of carbonyl (C=O) groups excluding carboxylic acids is 2. The number of anilines is 2. The number of carbonyl (C=O) groups is 2. The topological polar surface area (TPSA) is 105 Å². The molecule has 3 aliphatic rings. The molecule has 0 saturated heterocycles. The smallest absolute Gasteiger partial charge is 0.269 e. The molecule has 0 radical (unpaired) electrons. The Morgan fingerprint density at radius 3 is 2.62 bits per heavy atom. The van der Waals surface area contributed by atoms with Crippen LogP contribution in [0.3, 0.4) is 0 Å². The first-order valence-corrected chi connectivity index (χ1v) is 13.1. The highest BCUT2D eigenvalue weighted by Crippen LogP contribution is 2.48. The lowest BCUT2D eigenvalue weighted by Crippen LogP contribution is -2.45. The maximum Gasteiger partial charge on any atom is 0.269 e. The van der Waals surface area contributed by atoms with Gasteiger partial charge in [0.05, 0.1) is 28.9 Å². The highest BCUT2D eigenvalue weighted by atomic mass is 16.6. The Morgan fingerprint density at radius 1 is 1.11 bits per heavy atom. The standard InChI is InChI=1S/C29H34N4O4/c1-29(2)16-23-27(25(34)17-29)28(19-9-8-12-21(15-19)33(36)37)32(24-14-7-6-13-22(24)31-23)18-26(35)30-20-10-4-3-5-11-20/h6-9,12-15,20,28,31H,3-5,10-11,16-18H2,1-2H3,(H,30,35). The Bertz CT molecular complexity index is 1260. The number of allylic oxidation sites excluding steroid dienone is 1. The van der Waals surface area contributed by atoms with Crippen LogP contribution in [0.1, 0.15) is 70.4 Å². The van der Waals surface area contributed by atoms with Crippen molar-refractivity contribution in [2.75, 3.05) is 16.8 Å². The summed E-state index contributed by atoms with van der Waals surface area (Å²) in [6.07, 6.45) is 6.40. The third-order valence-electron chi connectivity index (χ3n) is 7.69. The van der Waals surface area contributed by atoms with E-state index < -0.39 is 11.0 Å². The van der Waals surface area contributed by atoms with Gasteiger partial charge in [0.25, 0.3) is 5.69 Å². The van der Waals surface area contributed by atoms with Gasteiger partial charge in [-0.2, -0.15) is 0 Å². The van der Waals surface area contributed by atoms with E-state index in [0.29, 0.717) is 24.0 Å². The van der Waals surface area contributed by atoms with E-state index in [0.717, 1.165) is 42.8 Å². The molecule has 2 N–H and O–H groups in total. The summed E-state index contributed by atoms with van der Waals surface area (Å²) in [6.45, 7) is 4.19. The minimum atomic E-state index is -0.633. The minimum absolute atomic E-state index is 0.000695. The summed E-state index contributed by atoms with van der Waals surface area (Å²) in [5.74, 6) is -0.106. The molecule has 2 aliphatic carbocycles. The summed E-state index contributed by atoms with van der Waals surface area (Å²) in [5.41, 5.74) is 3.37. The van der Waals surface area contributed by atoms with Crippen molar-refractivity contribution < 1.29 is 14.5 Å². The third kappa shape index (κ3) is 5.24. The number of fused-ring (bicyclic) bond motifs is 1. The summed E-state index contributed by atoms with van der Waals surface area (Å²) in [5, 5.41) is 18.4. The average Bonchev–Trinajstić information content (AvgIpc) is 2.98. The van der Waals surface area contributed by atoms with Crippen molar-refractivity contribution in [2.24, 2.45) is 5.41 Å². The second-order valence-corrected chi connectivity index (χ2v) is 11.3. The molecular formula is C29H34N4O4. The molecule has 5 rings (SSSR count). The van der Waals surface area contributed by atoms with Crippen molar-refractivity contribution in [1.82, 2.24) is 5.32 Å². The van der Waals surface area contributed by atoms with Gasteiger partial charge in [0, 0.05) is 35.9 Å². The summed E-state index contributed by atoms with van der Waals surface area (Å²) < 4.78 is 0. The van der Waals surface area contributed by atoms with Crippen LogP contribution in [0, 0.1) is 15.5 Å². The molecule has 2 aromatic rings. The zero-order valence-electron chi connectivity index (χ0n) is 21.5. The van der Waals surface area contributed by atoms with E-state index >= 15 is 0 Å². The van der Waals surface area contributed by atoms with Crippen LogP contribution >= 0.6 is 0 Å². The van der Waals surface area contributed by atoms with Gasteiger partial charge in [0.15, 0.2) is 5.78 Å². The molecule has 8 heteroatoms. The zero-order chi connectivity index (χ0) is 26.2. The number of benzene rings is 2. The number of ketones is 1. The lowest BCUT2D eigenvalue weighted by molar-refractivity contribution is -0.384. The van der Waals surface area contributed by atoms with Gasteiger partial charge >= 0.3 is 0 Å². The Hall–Kier alpha value is -3.68. The number of nitrogens with zero attached hydrogens (tertiary/aromatic N) is 2. The van der Waals surface area contributed by atoms with Crippen LogP contribution in [-0.4, -0.2) is 29.2 Å². The molecule has 0 spiro atoms. The van der Waals surface area contributed by atoms with Crippen LogP contribution in [0.15, 0.2) is 59.8 Å². The van der Waals surface area contributed by atoms with Crippen molar-refractivity contribution in [3.8, 4) is 0 Å². The van der Waals surface area contributed by atoms with Crippen LogP contribution < -0.4 is 15.5 Å². The molecular weight excluding hydrogens is 468 g/mol. The van der Waals surface area contributed by atoms with Gasteiger partial charge in [-0.05, 0) is 42.4 Å². The van der Waals surface area contributed by atoms with E-state index in [4.69, 9.17) is 0 Å². The van der Waals surface area contributed by atoms with E-state index in [2.05, 4.69) is 24.5 Å². The molecule has 2 aromatic carbocycles. The van der Waals surface area contributed by atoms with Gasteiger partial charge < -0.3 is 15.5 Å². The summed E-state index contributed by atoms with van der Waals surface area (Å²) in [6, 6.07) is 13.7. The largest absolute Gasteiger partial charge is 0.357 e. The number of non-ortho nitro benzene ring substituents is 1. The molecule has 8 nitrogen and oxygen atoms in total. The number of nitro benzene ring substituents is 1. The number of Topliss-reactive ketones (excluding diaryl/α,β-unsaturated/α-hetero) is 1. The second-order valence-electron chi connectivity index (χ2n) is 11.3. The Morgan fingerprint density at radius 2 is 1.86 bits per heavy atom. The number of hydrogen-bond donors (Lipinski definition) is 2. The maximum absolute atomic E-state index is 13.7. The molecule has 0 aromatic heterocycles. The highest BCUT2D eigenvalue weighted by molar-refractivity contribution is 6.02. The van der Waals surface area contributed by atoms with Gasteiger partial charge in [-0.15, -0.1) is 0 Å². The molecule has 1 unspecified atom stereocenters. The van der Waals surface area contributed by atoms with Gasteiger partial charge in [0.2, 0.25) is 5.91 Å². The van der Waals surface area contributed by atoms with Crippen LogP contribution in [0.2, 0.25) is 0 Å². The fourth-order valence-corrected chi connectivity index (χ4v) is 6.06. The average molecular weight is 503 g/mol. The summed E-state index contributed by atoms with van der Waals surface area (Å²) >= 11 is 0. The van der Waals surface area contributed by atoms with Crippen LogP contribution in [0.4, 0.5) is 17.1 Å². The van der Waals surface area contributed by atoms with Gasteiger partial charge in [-0.25, -0.2) is 0 Å². The van der Waals surface area contributed by atoms with Crippen LogP contribution in [0.5, 0.6) is 0 Å². The molecule has 37 heavy (non-hydrogen) atoms. The van der Waals surface area contributed by atoms with E-state index in [1.165, 1.54) is 18.6 Å². The predicted molar refractivity (Wildman–Crippen MR) is 143 cm³/mol.